The number of hydrogen-bond acceptors (Lipinski definition) is 6. The maximum Gasteiger partial charge on any atom is 0.230 e. The minimum absolute atomic E-state index is 0.0663. The molecule has 0 bridgehead atoms. The first kappa shape index (κ1) is 16.3. The van der Waals surface area contributed by atoms with E-state index in [1.165, 1.54) is 54.4 Å². The van der Waals surface area contributed by atoms with Gasteiger partial charge in [-0.05, 0) is 39.0 Å². The molecule has 0 atom stereocenters. The molecule has 0 spiro atoms. The highest BCUT2D eigenvalue weighted by atomic mass is 32.2. The second kappa shape index (κ2) is 9.04. The van der Waals surface area contributed by atoms with Gasteiger partial charge in [0.15, 0.2) is 4.34 Å². The third-order valence-electron chi connectivity index (χ3n) is 3.21. The summed E-state index contributed by atoms with van der Waals surface area (Å²) in [7, 11) is 0. The van der Waals surface area contributed by atoms with Crippen LogP contribution >= 0.6 is 23.1 Å². The van der Waals surface area contributed by atoms with E-state index >= 15 is 0 Å². The molecule has 0 saturated heterocycles. The molecule has 0 aromatic carbocycles. The fraction of sp³-hybridized carbons (Fsp3) is 0.643. The number of nitrogens with zero attached hydrogens (tertiary/aromatic N) is 2. The number of carbonyl (C=O) groups is 1. The van der Waals surface area contributed by atoms with Crippen LogP contribution in [0.5, 0.6) is 0 Å². The van der Waals surface area contributed by atoms with Crippen molar-refractivity contribution in [3.8, 4) is 0 Å². The molecular formula is C14H22N4OS2. The molecule has 21 heavy (non-hydrogen) atoms. The van der Waals surface area contributed by atoms with Crippen LogP contribution in [0.2, 0.25) is 0 Å². The van der Waals surface area contributed by atoms with Crippen molar-refractivity contribution in [2.75, 3.05) is 24.2 Å². The summed E-state index contributed by atoms with van der Waals surface area (Å²) in [6.07, 6.45) is 8.31. The summed E-state index contributed by atoms with van der Waals surface area (Å²) >= 11 is 2.93. The van der Waals surface area contributed by atoms with Crippen molar-refractivity contribution in [2.45, 2.75) is 43.4 Å². The van der Waals surface area contributed by atoms with Crippen LogP contribution in [0.1, 0.15) is 39.0 Å². The third-order valence-corrected chi connectivity index (χ3v) is 5.23. The van der Waals surface area contributed by atoms with Crippen LogP contribution in [0.15, 0.2) is 16.0 Å². The second-order valence-corrected chi connectivity index (χ2v) is 7.10. The van der Waals surface area contributed by atoms with Gasteiger partial charge in [-0.3, -0.25) is 4.79 Å². The number of thioether (sulfide) groups is 1. The number of rotatable bonds is 8. The van der Waals surface area contributed by atoms with Gasteiger partial charge >= 0.3 is 0 Å². The van der Waals surface area contributed by atoms with Gasteiger partial charge in [0.1, 0.15) is 0 Å². The Morgan fingerprint density at radius 2 is 2.33 bits per heavy atom. The highest BCUT2D eigenvalue weighted by molar-refractivity contribution is 8.01. The minimum Gasteiger partial charge on any atom is -0.360 e. The Morgan fingerprint density at radius 3 is 3.10 bits per heavy atom. The van der Waals surface area contributed by atoms with Crippen molar-refractivity contribution >= 4 is 34.1 Å². The van der Waals surface area contributed by atoms with Crippen LogP contribution in [0.4, 0.5) is 5.13 Å². The molecular weight excluding hydrogens is 304 g/mol. The molecule has 1 amide bonds. The normalized spacial score (nSPS) is 14.6. The van der Waals surface area contributed by atoms with E-state index in [0.717, 1.165) is 29.0 Å². The van der Waals surface area contributed by atoms with Gasteiger partial charge in [0.2, 0.25) is 11.0 Å². The van der Waals surface area contributed by atoms with Gasteiger partial charge in [-0.2, -0.15) is 0 Å². The van der Waals surface area contributed by atoms with E-state index in [-0.39, 0.29) is 5.91 Å². The Hall–Kier alpha value is -1.08. The number of anilines is 1. The topological polar surface area (TPSA) is 66.9 Å². The van der Waals surface area contributed by atoms with Crippen molar-refractivity contribution in [2.24, 2.45) is 0 Å². The average Bonchev–Trinajstić information content (AvgIpc) is 2.94. The zero-order valence-electron chi connectivity index (χ0n) is 12.4. The summed E-state index contributed by atoms with van der Waals surface area (Å²) in [6.45, 7) is 3.59. The zero-order chi connectivity index (χ0) is 14.9. The van der Waals surface area contributed by atoms with Crippen LogP contribution in [-0.4, -0.2) is 34.9 Å². The van der Waals surface area contributed by atoms with Gasteiger partial charge in [-0.25, -0.2) is 0 Å². The van der Waals surface area contributed by atoms with Gasteiger partial charge in [0.25, 0.3) is 0 Å². The Morgan fingerprint density at radius 1 is 1.43 bits per heavy atom. The molecule has 0 saturated carbocycles. The first-order valence-corrected chi connectivity index (χ1v) is 9.23. The molecule has 2 rings (SSSR count). The van der Waals surface area contributed by atoms with Crippen LogP contribution < -0.4 is 10.6 Å². The summed E-state index contributed by atoms with van der Waals surface area (Å²) in [5.41, 5.74) is 1.49. The first-order chi connectivity index (χ1) is 10.3. The lowest BCUT2D eigenvalue weighted by Crippen LogP contribution is -2.26. The van der Waals surface area contributed by atoms with Gasteiger partial charge < -0.3 is 10.6 Å². The van der Waals surface area contributed by atoms with E-state index < -0.39 is 0 Å². The fourth-order valence-corrected chi connectivity index (χ4v) is 3.81. The predicted octanol–water partition coefficient (Wildman–Crippen LogP) is 3.07. The molecule has 7 heteroatoms. The van der Waals surface area contributed by atoms with Gasteiger partial charge in [-0.1, -0.05) is 34.7 Å². The van der Waals surface area contributed by atoms with Crippen LogP contribution in [0, 0.1) is 0 Å². The zero-order valence-corrected chi connectivity index (χ0v) is 14.0. The highest BCUT2D eigenvalue weighted by Crippen LogP contribution is 2.25. The SMILES string of the molecule is CCNc1nnc(SCC(=O)NCCC2=CCCCC2)s1. The molecule has 1 aromatic rings. The molecule has 0 radical (unpaired) electrons. The summed E-state index contributed by atoms with van der Waals surface area (Å²) in [5, 5.41) is 14.9. The fourth-order valence-electron chi connectivity index (χ4n) is 2.16. The summed E-state index contributed by atoms with van der Waals surface area (Å²) in [4.78, 5) is 11.8. The number of allylic oxidation sites excluding steroid dienone is 1. The van der Waals surface area contributed by atoms with Crippen molar-refractivity contribution in [3.63, 3.8) is 0 Å². The molecule has 5 nitrogen and oxygen atoms in total. The molecule has 2 N–H and O–H groups in total. The van der Waals surface area contributed by atoms with E-state index in [1.807, 2.05) is 6.92 Å². The highest BCUT2D eigenvalue weighted by Gasteiger charge is 2.08. The summed E-state index contributed by atoms with van der Waals surface area (Å²) < 4.78 is 0.830. The van der Waals surface area contributed by atoms with E-state index in [9.17, 15) is 4.79 Å². The Bertz CT molecular complexity index is 487. The van der Waals surface area contributed by atoms with E-state index in [0.29, 0.717) is 5.75 Å². The average molecular weight is 326 g/mol. The minimum atomic E-state index is 0.0663. The van der Waals surface area contributed by atoms with Crippen molar-refractivity contribution in [1.82, 2.24) is 15.5 Å². The Balaban J connectivity index is 1.61. The van der Waals surface area contributed by atoms with E-state index in [2.05, 4.69) is 26.9 Å². The van der Waals surface area contributed by atoms with Crippen molar-refractivity contribution < 1.29 is 4.79 Å². The Labute approximate surface area is 134 Å². The van der Waals surface area contributed by atoms with Crippen LogP contribution in [0.3, 0.4) is 0 Å². The molecule has 116 valence electrons. The van der Waals surface area contributed by atoms with Crippen molar-refractivity contribution in [1.29, 1.82) is 0 Å². The maximum atomic E-state index is 11.8. The third kappa shape index (κ3) is 6.05. The number of aromatic nitrogens is 2. The quantitative estimate of drug-likeness (QED) is 0.568. The molecule has 1 heterocycles. The van der Waals surface area contributed by atoms with Gasteiger partial charge in [0, 0.05) is 13.1 Å². The van der Waals surface area contributed by atoms with Crippen molar-refractivity contribution in [3.05, 3.63) is 11.6 Å². The van der Waals surface area contributed by atoms with Crippen LogP contribution in [-0.2, 0) is 4.79 Å². The first-order valence-electron chi connectivity index (χ1n) is 7.42. The van der Waals surface area contributed by atoms with Crippen LogP contribution in [0.25, 0.3) is 0 Å². The lowest BCUT2D eigenvalue weighted by Gasteiger charge is -2.12. The lowest BCUT2D eigenvalue weighted by molar-refractivity contribution is -0.118. The van der Waals surface area contributed by atoms with Gasteiger partial charge in [0.05, 0.1) is 5.75 Å². The lowest BCUT2D eigenvalue weighted by atomic mass is 9.97. The molecule has 1 aliphatic rings. The van der Waals surface area contributed by atoms with E-state index in [4.69, 9.17) is 0 Å². The molecule has 1 aliphatic carbocycles. The summed E-state index contributed by atoms with van der Waals surface area (Å²) in [6, 6.07) is 0. The number of carbonyl (C=O) groups excluding carboxylic acids is 1. The Kier molecular flexibility index (Phi) is 7.02. The number of hydrogen-bond donors (Lipinski definition) is 2. The standard InChI is InChI=1S/C14H22N4OS2/c1-2-15-13-17-18-14(21-13)20-10-12(19)16-9-8-11-6-4-3-5-7-11/h6H,2-5,7-10H2,1H3,(H,15,17)(H,16,19). The molecule has 0 unspecified atom stereocenters. The smallest absolute Gasteiger partial charge is 0.230 e. The number of amides is 1. The predicted molar refractivity (Wildman–Crippen MR) is 89.0 cm³/mol. The maximum absolute atomic E-state index is 11.8. The second-order valence-electron chi connectivity index (χ2n) is 4.90. The molecule has 0 fully saturated rings. The monoisotopic (exact) mass is 326 g/mol. The summed E-state index contributed by atoms with van der Waals surface area (Å²) in [5.74, 6) is 0.469. The largest absolute Gasteiger partial charge is 0.360 e. The van der Waals surface area contributed by atoms with E-state index in [1.54, 1.807) is 0 Å². The molecule has 0 aliphatic heterocycles. The number of nitrogens with one attached hydrogen (secondary N) is 2. The van der Waals surface area contributed by atoms with Gasteiger partial charge in [-0.15, -0.1) is 10.2 Å². The molecule has 1 aromatic heterocycles.